The van der Waals surface area contributed by atoms with Crippen molar-refractivity contribution >= 4 is 34.4 Å². The van der Waals surface area contributed by atoms with E-state index in [1.807, 2.05) is 18.4 Å². The molecule has 0 saturated carbocycles. The van der Waals surface area contributed by atoms with Crippen molar-refractivity contribution in [3.8, 4) is 11.1 Å². The molecular weight excluding hydrogens is 584 g/mol. The van der Waals surface area contributed by atoms with Crippen molar-refractivity contribution < 1.29 is 22.4 Å². The second kappa shape index (κ2) is 10.9. The molecule has 0 bridgehead atoms. The van der Waals surface area contributed by atoms with E-state index in [1.54, 1.807) is 28.5 Å². The third kappa shape index (κ3) is 5.09. The topological polar surface area (TPSA) is 76.3 Å². The van der Waals surface area contributed by atoms with Crippen molar-refractivity contribution in [2.24, 2.45) is 0 Å². The van der Waals surface area contributed by atoms with E-state index in [0.717, 1.165) is 18.2 Å². The predicted molar refractivity (Wildman–Crippen MR) is 157 cm³/mol. The first kappa shape index (κ1) is 29.0. The second-order valence-corrected chi connectivity index (χ2v) is 11.9. The molecule has 0 aliphatic carbocycles. The number of halogens is 4. The molecule has 6 rings (SSSR count). The van der Waals surface area contributed by atoms with Crippen molar-refractivity contribution in [3.05, 3.63) is 83.6 Å². The summed E-state index contributed by atoms with van der Waals surface area (Å²) in [5, 5.41) is 0.189. The van der Waals surface area contributed by atoms with Gasteiger partial charge in [-0.1, -0.05) is 18.7 Å². The molecule has 2 aromatic heterocycles. The number of piperazine rings is 1. The minimum atomic E-state index is -4.76. The number of rotatable bonds is 4. The summed E-state index contributed by atoms with van der Waals surface area (Å²) in [5.74, 6) is -0.322. The Morgan fingerprint density at radius 1 is 1.12 bits per heavy atom. The van der Waals surface area contributed by atoms with Gasteiger partial charge in [0.2, 0.25) is 5.91 Å². The van der Waals surface area contributed by atoms with Gasteiger partial charge in [0.1, 0.15) is 11.6 Å². The fourth-order valence-corrected chi connectivity index (χ4v) is 7.58. The Morgan fingerprint density at radius 3 is 2.42 bits per heavy atom. The maximum absolute atomic E-state index is 14.9. The summed E-state index contributed by atoms with van der Waals surface area (Å²) in [7, 11) is 0. The van der Waals surface area contributed by atoms with Gasteiger partial charge in [0.25, 0.3) is 0 Å². The fraction of sp³-hybridized carbons (Fsp3) is 0.333. The molecule has 1 saturated heterocycles. The van der Waals surface area contributed by atoms with Gasteiger partial charge in [-0.2, -0.15) is 18.2 Å². The first-order chi connectivity index (χ1) is 20.5. The summed E-state index contributed by atoms with van der Waals surface area (Å²) in [4.78, 5) is 38.5. The zero-order valence-corrected chi connectivity index (χ0v) is 24.2. The Morgan fingerprint density at radius 2 is 1.81 bits per heavy atom. The maximum Gasteiger partial charge on any atom is 0.417 e. The largest absolute Gasteiger partial charge is 0.417 e. The average molecular weight is 613 g/mol. The maximum atomic E-state index is 14.9. The summed E-state index contributed by atoms with van der Waals surface area (Å²) in [6, 6.07) is 5.03. The van der Waals surface area contributed by atoms with Crippen LogP contribution in [0.2, 0.25) is 0 Å². The van der Waals surface area contributed by atoms with E-state index < -0.39 is 23.2 Å². The monoisotopic (exact) mass is 612 g/mol. The van der Waals surface area contributed by atoms with Gasteiger partial charge in [-0.3, -0.25) is 9.36 Å². The summed E-state index contributed by atoms with van der Waals surface area (Å²) < 4.78 is 61.8. The van der Waals surface area contributed by atoms with E-state index in [2.05, 4.69) is 16.5 Å². The highest BCUT2D eigenvalue weighted by molar-refractivity contribution is 7.99. The summed E-state index contributed by atoms with van der Waals surface area (Å²) >= 11 is 1.22. The van der Waals surface area contributed by atoms with E-state index in [-0.39, 0.29) is 70.9 Å². The second-order valence-electron chi connectivity index (χ2n) is 10.9. The highest BCUT2D eigenvalue weighted by Gasteiger charge is 2.39. The molecule has 3 atom stereocenters. The molecule has 0 N–H and O–H groups in total. The highest BCUT2D eigenvalue weighted by atomic mass is 32.2. The van der Waals surface area contributed by atoms with E-state index in [4.69, 9.17) is 0 Å². The van der Waals surface area contributed by atoms with Crippen molar-refractivity contribution in [3.63, 3.8) is 0 Å². The first-order valence-corrected chi connectivity index (χ1v) is 14.7. The van der Waals surface area contributed by atoms with Crippen LogP contribution >= 0.6 is 11.8 Å². The number of alkyl halides is 3. The number of imidazole rings is 1. The van der Waals surface area contributed by atoms with Crippen LogP contribution in [-0.4, -0.2) is 60.8 Å². The lowest BCUT2D eigenvalue weighted by atomic mass is 9.96. The van der Waals surface area contributed by atoms with Crippen molar-refractivity contribution in [1.82, 2.24) is 24.0 Å². The van der Waals surface area contributed by atoms with Crippen LogP contribution in [-0.2, 0) is 17.5 Å². The average Bonchev–Trinajstić information content (AvgIpc) is 3.42. The molecule has 1 unspecified atom stereocenters. The number of amides is 1. The van der Waals surface area contributed by atoms with E-state index in [9.17, 15) is 27.2 Å². The number of nitrogens with zero attached hydrogens (tertiary/aromatic N) is 6. The first-order valence-electron chi connectivity index (χ1n) is 13.7. The molecule has 43 heavy (non-hydrogen) atoms. The number of carbonyl (C=O) groups is 1. The third-order valence-electron chi connectivity index (χ3n) is 8.04. The number of hydrogen-bond acceptors (Lipinski definition) is 6. The smallest absolute Gasteiger partial charge is 0.352 e. The predicted octanol–water partition coefficient (Wildman–Crippen LogP) is 5.38. The molecule has 0 spiro atoms. The fourth-order valence-electron chi connectivity index (χ4n) is 6.22. The number of hydrogen-bond donors (Lipinski definition) is 0. The van der Waals surface area contributed by atoms with Crippen molar-refractivity contribution in [2.45, 2.75) is 49.6 Å². The molecule has 2 aromatic carbocycles. The van der Waals surface area contributed by atoms with Crippen LogP contribution < -0.4 is 10.6 Å². The van der Waals surface area contributed by atoms with Crippen LogP contribution in [0.25, 0.3) is 22.0 Å². The minimum Gasteiger partial charge on any atom is -0.352 e. The molecule has 2 aliphatic rings. The normalized spacial score (nSPS) is 20.7. The summed E-state index contributed by atoms with van der Waals surface area (Å²) in [6.07, 6.45) is 1.44. The molecule has 1 amide bonds. The van der Waals surface area contributed by atoms with Gasteiger partial charge < -0.3 is 14.4 Å². The minimum absolute atomic E-state index is 0.107. The van der Waals surface area contributed by atoms with Crippen LogP contribution in [0.4, 0.5) is 23.4 Å². The Bertz CT molecular complexity index is 1760. The lowest BCUT2D eigenvalue weighted by Gasteiger charge is -2.44. The Hall–Kier alpha value is -4.13. The Kier molecular flexibility index (Phi) is 7.31. The highest BCUT2D eigenvalue weighted by Crippen LogP contribution is 2.49. The molecule has 8 nitrogen and oxygen atoms in total. The van der Waals surface area contributed by atoms with Crippen molar-refractivity contribution in [2.75, 3.05) is 23.7 Å². The van der Waals surface area contributed by atoms with Crippen LogP contribution in [0.15, 0.2) is 71.4 Å². The van der Waals surface area contributed by atoms with Crippen molar-refractivity contribution in [1.29, 1.82) is 0 Å². The van der Waals surface area contributed by atoms with Crippen LogP contribution in [0.3, 0.4) is 0 Å². The molecule has 1 fully saturated rings. The number of thioether (sulfide) groups is 1. The number of carbonyl (C=O) groups excluding carboxylic acids is 1. The Balaban J connectivity index is 1.63. The van der Waals surface area contributed by atoms with E-state index in [1.165, 1.54) is 34.5 Å². The quantitative estimate of drug-likeness (QED) is 0.228. The molecule has 0 radical (unpaired) electrons. The third-order valence-corrected chi connectivity index (χ3v) is 9.28. The molecule has 2 aliphatic heterocycles. The number of benzene rings is 2. The molecule has 13 heteroatoms. The van der Waals surface area contributed by atoms with Gasteiger partial charge >= 0.3 is 11.9 Å². The summed E-state index contributed by atoms with van der Waals surface area (Å²) in [5.41, 5.74) is -1.06. The molecule has 4 heterocycles. The van der Waals surface area contributed by atoms with Gasteiger partial charge in [0, 0.05) is 65.7 Å². The molecule has 4 aromatic rings. The molecule has 224 valence electrons. The zero-order chi connectivity index (χ0) is 30.6. The van der Waals surface area contributed by atoms with Gasteiger partial charge in [0.15, 0.2) is 0 Å². The van der Waals surface area contributed by atoms with Gasteiger partial charge in [-0.25, -0.2) is 14.2 Å². The zero-order valence-electron chi connectivity index (χ0n) is 23.4. The van der Waals surface area contributed by atoms with Crippen LogP contribution in [0, 0.1) is 5.82 Å². The lowest BCUT2D eigenvalue weighted by molar-refractivity contribution is -0.137. The van der Waals surface area contributed by atoms with E-state index in [0.29, 0.717) is 11.3 Å². The number of anilines is 1. The van der Waals surface area contributed by atoms with Gasteiger partial charge in [-0.15, -0.1) is 11.8 Å². The van der Waals surface area contributed by atoms with Crippen LogP contribution in [0.1, 0.15) is 25.5 Å². The standard InChI is InChI=1S/C30H28F4N6O2S/c1-4-24(41)40-17(2)12-38(13-18(40)3)28-22-11-23(30(32,33)34)25(19-5-7-20(31)8-6-19)27-26(22)39(29(42)36-28)14-21(15-43-27)37-10-9-35-16-37/h4-11,16-18,21H,1,12-15H2,2-3H3/t17-,18+,21?. The Labute approximate surface area is 248 Å². The van der Waals surface area contributed by atoms with Crippen LogP contribution in [0.5, 0.6) is 0 Å². The molecular formula is C30H28F4N6O2S. The SMILES string of the molecule is C=CC(=O)N1[C@H](C)CN(c2nc(=O)n3c4c(c(-c5ccc(F)cc5)c(C(F)(F)F)cc24)SCC(n2ccnc2)C3)C[C@@H]1C. The van der Waals surface area contributed by atoms with E-state index >= 15 is 0 Å². The van der Waals surface area contributed by atoms with Gasteiger partial charge in [-0.05, 0) is 43.7 Å². The summed E-state index contributed by atoms with van der Waals surface area (Å²) in [6.45, 7) is 7.95. The van der Waals surface area contributed by atoms with Gasteiger partial charge in [0.05, 0.1) is 23.4 Å². The lowest BCUT2D eigenvalue weighted by Crippen LogP contribution is -2.58. The number of aromatic nitrogens is 4.